The molecule has 2 N–H and O–H groups in total. The first-order chi connectivity index (χ1) is 22.7. The van der Waals surface area contributed by atoms with E-state index in [2.05, 4.69) is 93.7 Å². The first-order valence-electron chi connectivity index (χ1n) is 16.8. The molecule has 0 saturated carbocycles. The van der Waals surface area contributed by atoms with Crippen molar-refractivity contribution in [3.05, 3.63) is 88.7 Å². The predicted molar refractivity (Wildman–Crippen MR) is 188 cm³/mol. The van der Waals surface area contributed by atoms with Crippen molar-refractivity contribution in [3.63, 3.8) is 0 Å². The van der Waals surface area contributed by atoms with Gasteiger partial charge < -0.3 is 14.8 Å². The van der Waals surface area contributed by atoms with Crippen LogP contribution in [0.4, 0.5) is 0 Å². The second-order valence-corrected chi connectivity index (χ2v) is 13.6. The van der Waals surface area contributed by atoms with Crippen LogP contribution in [0.2, 0.25) is 0 Å². The number of H-pyrrole nitrogens is 1. The number of aryl methyl sites for hydroxylation is 2. The molecule has 4 heterocycles. The molecule has 6 rings (SSSR count). The molecular weight excluding hydrogens is 584 g/mol. The van der Waals surface area contributed by atoms with Gasteiger partial charge in [0.05, 0.1) is 5.41 Å². The smallest absolute Gasteiger partial charge is 0.232 e. The number of carbonyl (C=O) groups excluding carboxylic acids is 1. The molecule has 2 aromatic heterocycles. The summed E-state index contributed by atoms with van der Waals surface area (Å²) in [5.41, 5.74) is 8.53. The highest BCUT2D eigenvalue weighted by Crippen LogP contribution is 2.36. The normalized spacial score (nSPS) is 16.1. The van der Waals surface area contributed by atoms with E-state index in [0.717, 1.165) is 86.4 Å². The van der Waals surface area contributed by atoms with Crippen molar-refractivity contribution in [1.82, 2.24) is 30.0 Å². The Labute approximate surface area is 278 Å². The number of nitriles is 1. The molecular formula is C38H46N8O. The van der Waals surface area contributed by atoms with E-state index in [1.807, 2.05) is 31.1 Å². The van der Waals surface area contributed by atoms with Crippen molar-refractivity contribution in [2.24, 2.45) is 4.99 Å². The lowest BCUT2D eigenvalue weighted by atomic mass is 9.82. The molecule has 2 saturated heterocycles. The number of piperazine rings is 1. The number of amides is 1. The number of aromatic nitrogens is 2. The molecule has 47 heavy (non-hydrogen) atoms. The molecule has 0 unspecified atom stereocenters. The molecule has 2 aliphatic heterocycles. The summed E-state index contributed by atoms with van der Waals surface area (Å²) in [7, 11) is 0. The zero-order valence-corrected chi connectivity index (χ0v) is 28.1. The Hall–Kier alpha value is -4.68. The maximum atomic E-state index is 13.6. The van der Waals surface area contributed by atoms with Gasteiger partial charge in [-0.15, -0.1) is 0 Å². The van der Waals surface area contributed by atoms with E-state index in [-0.39, 0.29) is 5.91 Å². The standard InChI is InChI=1S/C38H46N8O/c1-27-21-28(2)23-30(22-27)35-32(33-24-31(7-8-34(33)43-35)38(3,4)36(47)45-15-5-6-16-45)11-14-41-37(42-26-39)46-19-17-44(18-20-46)25-29-9-12-40-13-10-29/h7-10,12-13,21-24,43H,5-6,11,14-20,25H2,1-4H3,(H,41,42). The van der Waals surface area contributed by atoms with Crippen LogP contribution in [0.25, 0.3) is 22.2 Å². The number of nitrogens with one attached hydrogen (secondary N) is 2. The van der Waals surface area contributed by atoms with Crippen LogP contribution < -0.4 is 5.32 Å². The summed E-state index contributed by atoms with van der Waals surface area (Å²) in [4.78, 5) is 33.0. The molecule has 0 radical (unpaired) electrons. The molecule has 0 spiro atoms. The van der Waals surface area contributed by atoms with Gasteiger partial charge in [0.2, 0.25) is 11.9 Å². The lowest BCUT2D eigenvalue weighted by molar-refractivity contribution is -0.135. The number of fused-ring (bicyclic) bond motifs is 1. The molecule has 244 valence electrons. The monoisotopic (exact) mass is 630 g/mol. The summed E-state index contributed by atoms with van der Waals surface area (Å²) in [5, 5.41) is 13.6. The van der Waals surface area contributed by atoms with Gasteiger partial charge in [0.25, 0.3) is 0 Å². The topological polar surface area (TPSA) is 104 Å². The minimum atomic E-state index is -0.630. The summed E-state index contributed by atoms with van der Waals surface area (Å²) >= 11 is 0. The van der Waals surface area contributed by atoms with Crippen molar-refractivity contribution in [1.29, 1.82) is 5.26 Å². The number of aromatic amines is 1. The second-order valence-electron chi connectivity index (χ2n) is 13.6. The van der Waals surface area contributed by atoms with E-state index < -0.39 is 5.41 Å². The van der Waals surface area contributed by atoms with E-state index in [9.17, 15) is 10.1 Å². The average molecular weight is 631 g/mol. The summed E-state index contributed by atoms with van der Waals surface area (Å²) in [6, 6.07) is 17.2. The van der Waals surface area contributed by atoms with Gasteiger partial charge in [0.15, 0.2) is 6.19 Å². The fourth-order valence-corrected chi connectivity index (χ4v) is 7.11. The Morgan fingerprint density at radius 3 is 2.34 bits per heavy atom. The number of benzene rings is 2. The van der Waals surface area contributed by atoms with Gasteiger partial charge in [-0.3, -0.25) is 25.0 Å². The number of nitrogens with zero attached hydrogens (tertiary/aromatic N) is 6. The molecule has 9 nitrogen and oxygen atoms in total. The van der Waals surface area contributed by atoms with E-state index in [4.69, 9.17) is 4.99 Å². The highest BCUT2D eigenvalue weighted by molar-refractivity contribution is 5.94. The quantitative estimate of drug-likeness (QED) is 0.115. The Kier molecular flexibility index (Phi) is 9.60. The van der Waals surface area contributed by atoms with Crippen LogP contribution in [-0.2, 0) is 23.2 Å². The van der Waals surface area contributed by atoms with Crippen LogP contribution in [0.5, 0.6) is 0 Å². The van der Waals surface area contributed by atoms with Gasteiger partial charge in [0.1, 0.15) is 0 Å². The number of pyridine rings is 1. The average Bonchev–Trinajstić information content (AvgIpc) is 3.73. The Morgan fingerprint density at radius 2 is 1.66 bits per heavy atom. The van der Waals surface area contributed by atoms with Gasteiger partial charge >= 0.3 is 0 Å². The third kappa shape index (κ3) is 7.18. The zero-order chi connectivity index (χ0) is 33.0. The van der Waals surface area contributed by atoms with Gasteiger partial charge in [-0.2, -0.15) is 5.26 Å². The number of hydrogen-bond donors (Lipinski definition) is 2. The Morgan fingerprint density at radius 1 is 0.957 bits per heavy atom. The van der Waals surface area contributed by atoms with Crippen molar-refractivity contribution in [2.45, 2.75) is 58.9 Å². The number of likely N-dealkylation sites (tertiary alicyclic amines) is 1. The Bertz CT molecular complexity index is 1770. The second kappa shape index (κ2) is 14.0. The van der Waals surface area contributed by atoms with Crippen LogP contribution in [0.15, 0.2) is 65.9 Å². The van der Waals surface area contributed by atoms with Gasteiger partial charge in [-0.25, -0.2) is 0 Å². The van der Waals surface area contributed by atoms with E-state index >= 15 is 0 Å². The van der Waals surface area contributed by atoms with Gasteiger partial charge in [-0.1, -0.05) is 23.3 Å². The van der Waals surface area contributed by atoms with Crippen LogP contribution in [-0.4, -0.2) is 82.3 Å². The summed E-state index contributed by atoms with van der Waals surface area (Å²) in [5.74, 6) is 0.820. The first kappa shape index (κ1) is 32.3. The summed E-state index contributed by atoms with van der Waals surface area (Å²) in [6.07, 6.45) is 8.62. The number of hydrogen-bond acceptors (Lipinski definition) is 5. The van der Waals surface area contributed by atoms with Crippen molar-refractivity contribution >= 4 is 22.8 Å². The third-order valence-electron chi connectivity index (χ3n) is 9.68. The third-order valence-corrected chi connectivity index (χ3v) is 9.68. The fourth-order valence-electron chi connectivity index (χ4n) is 7.11. The summed E-state index contributed by atoms with van der Waals surface area (Å²) in [6.45, 7) is 14.8. The largest absolute Gasteiger partial charge is 0.354 e. The van der Waals surface area contributed by atoms with Crippen molar-refractivity contribution in [3.8, 4) is 17.5 Å². The Balaban J connectivity index is 1.27. The molecule has 2 aromatic carbocycles. The van der Waals surface area contributed by atoms with E-state index in [0.29, 0.717) is 18.9 Å². The molecule has 2 aliphatic rings. The first-order valence-corrected chi connectivity index (χ1v) is 16.8. The van der Waals surface area contributed by atoms with Gasteiger partial charge in [-0.05, 0) is 106 Å². The number of carbonyl (C=O) groups is 1. The van der Waals surface area contributed by atoms with Crippen molar-refractivity contribution in [2.75, 3.05) is 45.8 Å². The predicted octanol–water partition coefficient (Wildman–Crippen LogP) is 5.53. The minimum absolute atomic E-state index is 0.193. The van der Waals surface area contributed by atoms with Crippen LogP contribution in [0, 0.1) is 25.3 Å². The van der Waals surface area contributed by atoms with Crippen LogP contribution in [0.3, 0.4) is 0 Å². The van der Waals surface area contributed by atoms with Crippen LogP contribution >= 0.6 is 0 Å². The SMILES string of the molecule is Cc1cc(C)cc(-c2[nH]c3ccc(C(C)(C)C(=O)N4CCCC4)cc3c2CCN=C(NC#N)N2CCN(Cc3ccncc3)CC2)c1. The zero-order valence-electron chi connectivity index (χ0n) is 28.1. The molecule has 9 heteroatoms. The van der Waals surface area contributed by atoms with Crippen LogP contribution in [0.1, 0.15) is 54.5 Å². The van der Waals surface area contributed by atoms with Crippen molar-refractivity contribution < 1.29 is 4.79 Å². The molecule has 1 amide bonds. The fraction of sp³-hybridized carbons (Fsp3) is 0.421. The summed E-state index contributed by atoms with van der Waals surface area (Å²) < 4.78 is 0. The van der Waals surface area contributed by atoms with E-state index in [1.54, 1.807) is 0 Å². The lowest BCUT2D eigenvalue weighted by Crippen LogP contribution is -2.51. The molecule has 0 aliphatic carbocycles. The highest BCUT2D eigenvalue weighted by atomic mass is 16.2. The molecule has 0 bridgehead atoms. The van der Waals surface area contributed by atoms with Gasteiger partial charge in [0, 0.05) is 81.3 Å². The molecule has 4 aromatic rings. The molecule has 2 fully saturated rings. The highest BCUT2D eigenvalue weighted by Gasteiger charge is 2.35. The number of rotatable bonds is 8. The lowest BCUT2D eigenvalue weighted by Gasteiger charge is -2.35. The maximum absolute atomic E-state index is 13.6. The maximum Gasteiger partial charge on any atom is 0.232 e. The number of guanidine groups is 1. The molecule has 0 atom stereocenters. The number of aliphatic imine (C=N–C) groups is 1. The van der Waals surface area contributed by atoms with E-state index in [1.165, 1.54) is 22.3 Å². The minimum Gasteiger partial charge on any atom is -0.354 e.